The van der Waals surface area contributed by atoms with Crippen molar-refractivity contribution in [3.63, 3.8) is 0 Å². The normalized spacial score (nSPS) is 11.9. The molecule has 0 atom stereocenters. The molecule has 5 rings (SSSR count). The molecule has 0 unspecified atom stereocenters. The molecular formula is C30H20ClF4N3O2S. The van der Waals surface area contributed by atoms with Crippen molar-refractivity contribution in [1.29, 1.82) is 0 Å². The molecule has 5 nitrogen and oxygen atoms in total. The minimum absolute atomic E-state index is 0.0311. The van der Waals surface area contributed by atoms with Gasteiger partial charge in [-0.05, 0) is 28.8 Å². The van der Waals surface area contributed by atoms with Crippen LogP contribution in [0.4, 0.5) is 17.6 Å². The standard InChI is InChI=1S/C30H20ClF4N3O2S/c31-22-16-23(32)24(37-27(39)18-26(30(33,34)35)38(36)28(37)40)17-25(22)41-29(19-10-4-1-5-11-19,20-12-6-2-7-13-20)21-14-8-3-9-15-21/h1-18H,36H2. The number of rotatable bonds is 6. The van der Waals surface area contributed by atoms with Gasteiger partial charge in [-0.2, -0.15) is 13.2 Å². The summed E-state index contributed by atoms with van der Waals surface area (Å²) in [5.74, 6) is 4.30. The molecule has 1 heterocycles. The summed E-state index contributed by atoms with van der Waals surface area (Å²) in [6.07, 6.45) is -5.08. The highest BCUT2D eigenvalue weighted by Crippen LogP contribution is 2.53. The maximum absolute atomic E-state index is 15.3. The summed E-state index contributed by atoms with van der Waals surface area (Å²) < 4.78 is 54.3. The van der Waals surface area contributed by atoms with E-state index in [0.29, 0.717) is 0 Å². The molecule has 0 aliphatic heterocycles. The van der Waals surface area contributed by atoms with Crippen LogP contribution in [-0.2, 0) is 10.9 Å². The van der Waals surface area contributed by atoms with Crippen LogP contribution in [0, 0.1) is 5.82 Å². The van der Waals surface area contributed by atoms with Gasteiger partial charge in [-0.3, -0.25) is 4.79 Å². The van der Waals surface area contributed by atoms with E-state index in [-0.39, 0.29) is 25.2 Å². The van der Waals surface area contributed by atoms with Gasteiger partial charge in [0.15, 0.2) is 5.69 Å². The number of thioether (sulfide) groups is 1. The van der Waals surface area contributed by atoms with Gasteiger partial charge in [-0.15, -0.1) is 11.8 Å². The molecule has 5 aromatic rings. The molecule has 41 heavy (non-hydrogen) atoms. The van der Waals surface area contributed by atoms with Crippen LogP contribution in [0.15, 0.2) is 124 Å². The third kappa shape index (κ3) is 5.16. The zero-order chi connectivity index (χ0) is 29.4. The molecule has 0 saturated carbocycles. The highest BCUT2D eigenvalue weighted by atomic mass is 35.5. The average molecular weight is 598 g/mol. The van der Waals surface area contributed by atoms with Crippen molar-refractivity contribution in [2.24, 2.45) is 0 Å². The van der Waals surface area contributed by atoms with Gasteiger partial charge in [-0.25, -0.2) is 18.4 Å². The van der Waals surface area contributed by atoms with Crippen molar-refractivity contribution >= 4 is 23.4 Å². The Balaban J connectivity index is 1.78. The maximum Gasteiger partial charge on any atom is 0.433 e. The largest absolute Gasteiger partial charge is 0.433 e. The van der Waals surface area contributed by atoms with E-state index in [0.717, 1.165) is 22.8 Å². The molecule has 0 aliphatic carbocycles. The Kier molecular flexibility index (Phi) is 7.54. The molecular weight excluding hydrogens is 578 g/mol. The number of hydrogen-bond acceptors (Lipinski definition) is 4. The first-order valence-corrected chi connectivity index (χ1v) is 13.3. The fraction of sp³-hybridized carbons (Fsp3) is 0.0667. The first-order valence-electron chi connectivity index (χ1n) is 12.1. The number of nitrogens with zero attached hydrogens (tertiary/aromatic N) is 2. The molecule has 0 spiro atoms. The SMILES string of the molecule is Nn1c(C(F)(F)F)cc(=O)n(-c2cc(SC(c3ccccc3)(c3ccccc3)c3ccccc3)c(Cl)cc2F)c1=O. The first kappa shape index (κ1) is 28.3. The van der Waals surface area contributed by atoms with Crippen LogP contribution in [0.25, 0.3) is 5.69 Å². The van der Waals surface area contributed by atoms with Gasteiger partial charge < -0.3 is 5.84 Å². The van der Waals surface area contributed by atoms with Crippen molar-refractivity contribution in [2.75, 3.05) is 5.84 Å². The summed E-state index contributed by atoms with van der Waals surface area (Å²) in [5.41, 5.74) is -2.68. The van der Waals surface area contributed by atoms with Crippen molar-refractivity contribution in [3.8, 4) is 5.69 Å². The van der Waals surface area contributed by atoms with Crippen LogP contribution >= 0.6 is 23.4 Å². The molecule has 11 heteroatoms. The summed E-state index contributed by atoms with van der Waals surface area (Å²) >= 11 is 7.78. The van der Waals surface area contributed by atoms with E-state index in [4.69, 9.17) is 17.4 Å². The van der Waals surface area contributed by atoms with E-state index < -0.39 is 39.4 Å². The monoisotopic (exact) mass is 597 g/mol. The topological polar surface area (TPSA) is 70.0 Å². The fourth-order valence-electron chi connectivity index (χ4n) is 4.62. The smallest absolute Gasteiger partial charge is 0.335 e. The predicted octanol–water partition coefficient (Wildman–Crippen LogP) is 6.61. The predicted molar refractivity (Wildman–Crippen MR) is 151 cm³/mol. The lowest BCUT2D eigenvalue weighted by Gasteiger charge is -2.35. The highest BCUT2D eigenvalue weighted by molar-refractivity contribution is 8.00. The van der Waals surface area contributed by atoms with Crippen LogP contribution in [-0.4, -0.2) is 9.24 Å². The number of benzene rings is 4. The van der Waals surface area contributed by atoms with Crippen LogP contribution in [0.5, 0.6) is 0 Å². The summed E-state index contributed by atoms with van der Waals surface area (Å²) in [6, 6.07) is 30.7. The van der Waals surface area contributed by atoms with Crippen molar-refractivity contribution in [1.82, 2.24) is 9.24 Å². The Hall–Kier alpha value is -4.28. The van der Waals surface area contributed by atoms with Gasteiger partial charge in [-0.1, -0.05) is 103 Å². The lowest BCUT2D eigenvalue weighted by atomic mass is 9.84. The number of aromatic nitrogens is 2. The summed E-state index contributed by atoms with van der Waals surface area (Å²) in [7, 11) is 0. The van der Waals surface area contributed by atoms with E-state index >= 15 is 4.39 Å². The maximum atomic E-state index is 15.3. The molecule has 4 aromatic carbocycles. The van der Waals surface area contributed by atoms with E-state index in [1.54, 1.807) is 0 Å². The van der Waals surface area contributed by atoms with Crippen LogP contribution in [0.3, 0.4) is 0 Å². The van der Waals surface area contributed by atoms with E-state index in [2.05, 4.69) is 0 Å². The minimum atomic E-state index is -5.08. The molecule has 1 aromatic heterocycles. The van der Waals surface area contributed by atoms with Gasteiger partial charge in [0, 0.05) is 11.0 Å². The Labute approximate surface area is 240 Å². The Bertz CT molecular complexity index is 1730. The number of nitrogens with two attached hydrogens (primary N) is 1. The molecule has 0 radical (unpaired) electrons. The number of halogens is 5. The van der Waals surface area contributed by atoms with E-state index in [1.807, 2.05) is 91.0 Å². The van der Waals surface area contributed by atoms with Gasteiger partial charge in [0.05, 0.1) is 15.5 Å². The van der Waals surface area contributed by atoms with E-state index in [9.17, 15) is 22.8 Å². The molecule has 2 N–H and O–H groups in total. The van der Waals surface area contributed by atoms with Crippen molar-refractivity contribution in [3.05, 3.63) is 163 Å². The molecule has 0 bridgehead atoms. The van der Waals surface area contributed by atoms with Gasteiger partial charge in [0.2, 0.25) is 0 Å². The number of alkyl halides is 3. The van der Waals surface area contributed by atoms with E-state index in [1.165, 1.54) is 17.8 Å². The van der Waals surface area contributed by atoms with Crippen LogP contribution < -0.4 is 17.1 Å². The highest BCUT2D eigenvalue weighted by Gasteiger charge is 2.39. The summed E-state index contributed by atoms with van der Waals surface area (Å²) in [5, 5.41) is -0.0311. The minimum Gasteiger partial charge on any atom is -0.335 e. The molecule has 0 fully saturated rings. The Morgan fingerprint density at radius 2 is 1.20 bits per heavy atom. The lowest BCUT2D eigenvalue weighted by Crippen LogP contribution is -2.45. The lowest BCUT2D eigenvalue weighted by molar-refractivity contribution is -0.143. The van der Waals surface area contributed by atoms with Crippen molar-refractivity contribution < 1.29 is 17.6 Å². The van der Waals surface area contributed by atoms with Gasteiger partial charge in [0.25, 0.3) is 5.56 Å². The van der Waals surface area contributed by atoms with Crippen molar-refractivity contribution in [2.45, 2.75) is 15.8 Å². The third-order valence-corrected chi connectivity index (χ3v) is 8.47. The molecule has 0 amide bonds. The second-order valence-corrected chi connectivity index (χ2v) is 10.6. The zero-order valence-electron chi connectivity index (χ0n) is 21.0. The second kappa shape index (κ2) is 10.9. The summed E-state index contributed by atoms with van der Waals surface area (Å²) in [6.45, 7) is 0. The summed E-state index contributed by atoms with van der Waals surface area (Å²) in [4.78, 5) is 25.9. The van der Waals surface area contributed by atoms with Gasteiger partial charge >= 0.3 is 11.9 Å². The Morgan fingerprint density at radius 1 is 0.732 bits per heavy atom. The second-order valence-electron chi connectivity index (χ2n) is 8.97. The van der Waals surface area contributed by atoms with Crippen LogP contribution in [0.2, 0.25) is 5.02 Å². The molecule has 208 valence electrons. The Morgan fingerprint density at radius 3 is 1.63 bits per heavy atom. The molecule has 0 saturated heterocycles. The first-order chi connectivity index (χ1) is 19.5. The number of hydrogen-bond donors (Lipinski definition) is 1. The quantitative estimate of drug-likeness (QED) is 0.104. The zero-order valence-corrected chi connectivity index (χ0v) is 22.6. The van der Waals surface area contributed by atoms with Crippen LogP contribution in [0.1, 0.15) is 22.4 Å². The number of nitrogen functional groups attached to an aromatic ring is 1. The van der Waals surface area contributed by atoms with Gasteiger partial charge in [0.1, 0.15) is 5.82 Å². The third-order valence-electron chi connectivity index (χ3n) is 6.47. The fourth-order valence-corrected chi connectivity index (χ4v) is 6.31. The average Bonchev–Trinajstić information content (AvgIpc) is 2.96. The molecule has 0 aliphatic rings.